The predicted molar refractivity (Wildman–Crippen MR) is 110 cm³/mol. The molecule has 0 saturated carbocycles. The summed E-state index contributed by atoms with van der Waals surface area (Å²) in [7, 11) is 0. The molecular weight excluding hydrogens is 366 g/mol. The number of aryl methyl sites for hydroxylation is 1. The Labute approximate surface area is 169 Å². The largest absolute Gasteiger partial charge is 0.383 e. The summed E-state index contributed by atoms with van der Waals surface area (Å²) in [6.07, 6.45) is 0. The minimum Gasteiger partial charge on any atom is -0.383 e. The summed E-state index contributed by atoms with van der Waals surface area (Å²) in [5.41, 5.74) is 11.8. The minimum absolute atomic E-state index is 0.00735. The van der Waals surface area contributed by atoms with E-state index in [1.54, 1.807) is 0 Å². The van der Waals surface area contributed by atoms with Gasteiger partial charge in [-0.2, -0.15) is 0 Å². The molecule has 0 radical (unpaired) electrons. The van der Waals surface area contributed by atoms with Crippen LogP contribution in [-0.2, 0) is 22.7 Å². The first-order valence-corrected chi connectivity index (χ1v) is 9.86. The molecule has 1 atom stereocenters. The summed E-state index contributed by atoms with van der Waals surface area (Å²) in [6.45, 7) is 4.66. The van der Waals surface area contributed by atoms with Crippen LogP contribution in [0, 0.1) is 6.92 Å². The first-order chi connectivity index (χ1) is 14.1. The van der Waals surface area contributed by atoms with Gasteiger partial charge in [0.2, 0.25) is 0 Å². The minimum atomic E-state index is -0.0910. The Morgan fingerprint density at radius 3 is 2.83 bits per heavy atom. The number of pyridine rings is 1. The van der Waals surface area contributed by atoms with E-state index >= 15 is 0 Å². The van der Waals surface area contributed by atoms with Crippen LogP contribution in [0.25, 0.3) is 10.9 Å². The zero-order valence-electron chi connectivity index (χ0n) is 16.4. The lowest BCUT2D eigenvalue weighted by Gasteiger charge is -2.36. The van der Waals surface area contributed by atoms with E-state index in [9.17, 15) is 4.79 Å². The molecule has 29 heavy (non-hydrogen) atoms. The number of benzene rings is 2. The summed E-state index contributed by atoms with van der Waals surface area (Å²) in [4.78, 5) is 19.9. The highest BCUT2D eigenvalue weighted by Gasteiger charge is 2.30. The van der Waals surface area contributed by atoms with Crippen molar-refractivity contribution in [2.45, 2.75) is 26.2 Å². The Kier molecular flexibility index (Phi) is 4.45. The predicted octanol–water partition coefficient (Wildman–Crippen LogP) is 3.37. The van der Waals surface area contributed by atoms with E-state index in [1.165, 1.54) is 0 Å². The van der Waals surface area contributed by atoms with E-state index in [4.69, 9.17) is 15.2 Å². The highest BCUT2D eigenvalue weighted by molar-refractivity contribution is 5.99. The van der Waals surface area contributed by atoms with E-state index in [2.05, 4.69) is 24.0 Å². The lowest BCUT2D eigenvalue weighted by Crippen LogP contribution is -2.43. The molecule has 5 rings (SSSR count). The molecule has 1 saturated heterocycles. The van der Waals surface area contributed by atoms with Gasteiger partial charge in [-0.05, 0) is 41.8 Å². The molecule has 2 aliphatic rings. The molecule has 3 aromatic rings. The molecule has 0 aliphatic carbocycles. The lowest BCUT2D eigenvalue weighted by atomic mass is 9.98. The number of carbonyl (C=O) groups excluding carboxylic acids is 1. The molecule has 0 bridgehead atoms. The molecule has 2 N–H and O–H groups in total. The highest BCUT2D eigenvalue weighted by Crippen LogP contribution is 2.33. The first kappa shape index (κ1) is 18.1. The first-order valence-electron chi connectivity index (χ1n) is 9.86. The van der Waals surface area contributed by atoms with Crippen LogP contribution in [0.1, 0.15) is 38.7 Å². The maximum absolute atomic E-state index is 13.5. The topological polar surface area (TPSA) is 77.7 Å². The van der Waals surface area contributed by atoms with Crippen LogP contribution in [-0.4, -0.2) is 35.5 Å². The molecule has 1 fully saturated rings. The van der Waals surface area contributed by atoms with Crippen LogP contribution in [0.3, 0.4) is 0 Å². The van der Waals surface area contributed by atoms with Crippen LogP contribution < -0.4 is 5.73 Å². The fourth-order valence-electron chi connectivity index (χ4n) is 4.33. The fourth-order valence-corrected chi connectivity index (χ4v) is 4.33. The van der Waals surface area contributed by atoms with Gasteiger partial charge in [-0.1, -0.05) is 24.3 Å². The quantitative estimate of drug-likeness (QED) is 0.727. The fraction of sp³-hybridized carbons (Fsp3) is 0.304. The van der Waals surface area contributed by atoms with Crippen molar-refractivity contribution >= 4 is 22.6 Å². The summed E-state index contributed by atoms with van der Waals surface area (Å²) in [5.74, 6) is 0.518. The van der Waals surface area contributed by atoms with Gasteiger partial charge < -0.3 is 20.1 Å². The molecule has 2 aliphatic heterocycles. The molecule has 3 heterocycles. The van der Waals surface area contributed by atoms with Crippen LogP contribution in [0.5, 0.6) is 0 Å². The van der Waals surface area contributed by atoms with Crippen LogP contribution in [0.2, 0.25) is 0 Å². The Bertz CT molecular complexity index is 1110. The van der Waals surface area contributed by atoms with Crippen LogP contribution in [0.15, 0.2) is 42.5 Å². The molecular formula is C23H23N3O3. The van der Waals surface area contributed by atoms with E-state index < -0.39 is 0 Å². The Balaban J connectivity index is 1.54. The second-order valence-electron chi connectivity index (χ2n) is 7.62. The van der Waals surface area contributed by atoms with Crippen molar-refractivity contribution in [3.8, 4) is 0 Å². The van der Waals surface area contributed by atoms with E-state index in [0.29, 0.717) is 44.4 Å². The number of ether oxygens (including phenoxy) is 2. The summed E-state index contributed by atoms with van der Waals surface area (Å²) >= 11 is 0. The number of carbonyl (C=O) groups is 1. The molecule has 1 amide bonds. The van der Waals surface area contributed by atoms with Gasteiger partial charge in [-0.3, -0.25) is 4.79 Å². The Morgan fingerprint density at radius 1 is 1.14 bits per heavy atom. The Morgan fingerprint density at radius 2 is 1.97 bits per heavy atom. The van der Waals surface area contributed by atoms with Crippen molar-refractivity contribution < 1.29 is 14.3 Å². The van der Waals surface area contributed by atoms with Crippen molar-refractivity contribution in [3.63, 3.8) is 0 Å². The molecule has 148 valence electrons. The van der Waals surface area contributed by atoms with Crippen LogP contribution in [0.4, 0.5) is 5.82 Å². The molecule has 1 aromatic heterocycles. The molecule has 0 spiro atoms. The van der Waals surface area contributed by atoms with Gasteiger partial charge in [-0.25, -0.2) is 4.98 Å². The van der Waals surface area contributed by atoms with Crippen molar-refractivity contribution in [1.82, 2.24) is 9.88 Å². The SMILES string of the molecule is Cc1ccccc1[C@H]1COCCN1C(=O)c1ccc2nc(N)c3c(c2c1)COC3. The monoisotopic (exact) mass is 389 g/mol. The number of anilines is 1. The van der Waals surface area contributed by atoms with Crippen LogP contribution >= 0.6 is 0 Å². The van der Waals surface area contributed by atoms with E-state index in [1.807, 2.05) is 35.2 Å². The average Bonchev–Trinajstić information content (AvgIpc) is 3.25. The van der Waals surface area contributed by atoms with Crippen molar-refractivity contribution in [2.75, 3.05) is 25.5 Å². The molecule has 2 aromatic carbocycles. The molecule has 6 heteroatoms. The highest BCUT2D eigenvalue weighted by atomic mass is 16.5. The number of nitrogens with zero attached hydrogens (tertiary/aromatic N) is 2. The maximum Gasteiger partial charge on any atom is 0.254 e. The van der Waals surface area contributed by atoms with Crippen molar-refractivity contribution in [2.24, 2.45) is 0 Å². The Hall–Kier alpha value is -2.96. The van der Waals surface area contributed by atoms with Gasteiger partial charge in [0.1, 0.15) is 5.82 Å². The zero-order valence-corrected chi connectivity index (χ0v) is 16.4. The van der Waals surface area contributed by atoms with Gasteiger partial charge in [0.15, 0.2) is 0 Å². The summed E-state index contributed by atoms with van der Waals surface area (Å²) < 4.78 is 11.3. The van der Waals surface area contributed by atoms with Gasteiger partial charge in [-0.15, -0.1) is 0 Å². The van der Waals surface area contributed by atoms with E-state index in [0.717, 1.165) is 33.2 Å². The molecule has 6 nitrogen and oxygen atoms in total. The smallest absolute Gasteiger partial charge is 0.254 e. The maximum atomic E-state index is 13.5. The number of nitrogen functional groups attached to an aromatic ring is 1. The number of hydrogen-bond acceptors (Lipinski definition) is 5. The third-order valence-corrected chi connectivity index (χ3v) is 5.91. The second kappa shape index (κ2) is 7.13. The number of nitrogens with two attached hydrogens (primary N) is 1. The summed E-state index contributed by atoms with van der Waals surface area (Å²) in [5, 5.41) is 0.943. The lowest BCUT2D eigenvalue weighted by molar-refractivity contribution is -0.00285. The number of morpholine rings is 1. The average molecular weight is 389 g/mol. The third-order valence-electron chi connectivity index (χ3n) is 5.91. The van der Waals surface area contributed by atoms with Crippen molar-refractivity contribution in [1.29, 1.82) is 0 Å². The standard InChI is InChI=1S/C23H23N3O3/c1-14-4-2-3-5-16(14)21-13-28-9-8-26(21)23(27)15-6-7-20-17(10-15)18-11-29-12-19(18)22(24)25-20/h2-7,10,21H,8-9,11-13H2,1H3,(H2,24,25)/t21-/m1/s1. The van der Waals surface area contributed by atoms with Gasteiger partial charge in [0.05, 0.1) is 38.0 Å². The van der Waals surface area contributed by atoms with E-state index in [-0.39, 0.29) is 11.9 Å². The molecule has 0 unspecified atom stereocenters. The number of aromatic nitrogens is 1. The summed E-state index contributed by atoms with van der Waals surface area (Å²) in [6, 6.07) is 13.7. The van der Waals surface area contributed by atoms with Gasteiger partial charge >= 0.3 is 0 Å². The second-order valence-corrected chi connectivity index (χ2v) is 7.62. The number of amides is 1. The van der Waals surface area contributed by atoms with Crippen molar-refractivity contribution in [3.05, 3.63) is 70.3 Å². The zero-order chi connectivity index (χ0) is 20.0. The number of hydrogen-bond donors (Lipinski definition) is 1. The van der Waals surface area contributed by atoms with Gasteiger partial charge in [0.25, 0.3) is 5.91 Å². The van der Waals surface area contributed by atoms with Gasteiger partial charge in [0, 0.05) is 23.1 Å². The normalized spacial score (nSPS) is 18.8. The third kappa shape index (κ3) is 3.05. The number of fused-ring (bicyclic) bond motifs is 3. The number of rotatable bonds is 2.